The highest BCUT2D eigenvalue weighted by Crippen LogP contribution is 2.19. The van der Waals surface area contributed by atoms with Crippen molar-refractivity contribution in [2.24, 2.45) is 5.73 Å². The van der Waals surface area contributed by atoms with Gasteiger partial charge in [0.05, 0.1) is 17.4 Å². The van der Waals surface area contributed by atoms with E-state index in [0.29, 0.717) is 6.54 Å². The van der Waals surface area contributed by atoms with Crippen LogP contribution in [0.2, 0.25) is 0 Å². The molecule has 3 nitrogen and oxygen atoms in total. The summed E-state index contributed by atoms with van der Waals surface area (Å²) in [6.07, 6.45) is 1.84. The lowest BCUT2D eigenvalue weighted by molar-refractivity contribution is 0.979. The summed E-state index contributed by atoms with van der Waals surface area (Å²) in [5.74, 6) is 0. The van der Waals surface area contributed by atoms with Gasteiger partial charge in [-0.25, -0.2) is 4.98 Å². The maximum Gasteiger partial charge on any atom is 0.137 e. The first-order valence-corrected chi connectivity index (χ1v) is 5.35. The molecule has 16 heavy (non-hydrogen) atoms. The quantitative estimate of drug-likeness (QED) is 0.671. The molecule has 80 valence electrons. The van der Waals surface area contributed by atoms with Crippen molar-refractivity contribution in [3.8, 4) is 0 Å². The zero-order chi connectivity index (χ0) is 11.1. The van der Waals surface area contributed by atoms with Gasteiger partial charge in [0, 0.05) is 6.54 Å². The van der Waals surface area contributed by atoms with Gasteiger partial charge in [-0.05, 0) is 36.6 Å². The molecule has 3 aromatic rings. The molecular weight excluding hydrogens is 198 g/mol. The Kier molecular flexibility index (Phi) is 1.94. The van der Waals surface area contributed by atoms with Gasteiger partial charge >= 0.3 is 0 Å². The number of rotatable bonds is 1. The van der Waals surface area contributed by atoms with Crippen molar-refractivity contribution in [3.05, 3.63) is 47.8 Å². The molecule has 2 heterocycles. The second-order valence-electron chi connectivity index (χ2n) is 4.04. The van der Waals surface area contributed by atoms with Crippen LogP contribution in [0.15, 0.2) is 36.5 Å². The van der Waals surface area contributed by atoms with Crippen LogP contribution in [-0.2, 0) is 6.54 Å². The van der Waals surface area contributed by atoms with E-state index in [9.17, 15) is 0 Å². The molecule has 2 N–H and O–H groups in total. The van der Waals surface area contributed by atoms with E-state index in [-0.39, 0.29) is 0 Å². The smallest absolute Gasteiger partial charge is 0.137 e. The van der Waals surface area contributed by atoms with Crippen LogP contribution >= 0.6 is 0 Å². The van der Waals surface area contributed by atoms with Crippen molar-refractivity contribution in [1.82, 2.24) is 9.38 Å². The van der Waals surface area contributed by atoms with Gasteiger partial charge < -0.3 is 5.73 Å². The topological polar surface area (TPSA) is 43.3 Å². The summed E-state index contributed by atoms with van der Waals surface area (Å²) in [5, 5.41) is 1.22. The molecule has 0 spiro atoms. The Morgan fingerprint density at radius 2 is 2.12 bits per heavy atom. The Morgan fingerprint density at radius 3 is 2.94 bits per heavy atom. The fourth-order valence-electron chi connectivity index (χ4n) is 2.12. The molecule has 2 aromatic heterocycles. The molecule has 0 unspecified atom stereocenters. The van der Waals surface area contributed by atoms with E-state index in [4.69, 9.17) is 5.73 Å². The van der Waals surface area contributed by atoms with E-state index in [1.165, 1.54) is 16.5 Å². The van der Waals surface area contributed by atoms with Gasteiger partial charge in [0.2, 0.25) is 0 Å². The highest BCUT2D eigenvalue weighted by Gasteiger charge is 2.05. The second kappa shape index (κ2) is 3.32. The van der Waals surface area contributed by atoms with Gasteiger partial charge in [0.1, 0.15) is 5.65 Å². The number of hydrogen-bond acceptors (Lipinski definition) is 2. The molecule has 0 saturated heterocycles. The van der Waals surface area contributed by atoms with Crippen LogP contribution in [0.25, 0.3) is 16.6 Å². The highest BCUT2D eigenvalue weighted by molar-refractivity contribution is 5.83. The summed E-state index contributed by atoms with van der Waals surface area (Å²) in [6.45, 7) is 2.61. The van der Waals surface area contributed by atoms with Crippen molar-refractivity contribution in [3.63, 3.8) is 0 Å². The summed E-state index contributed by atoms with van der Waals surface area (Å²) in [5.41, 5.74) is 10.2. The first-order chi connectivity index (χ1) is 7.79. The van der Waals surface area contributed by atoms with Crippen molar-refractivity contribution < 1.29 is 0 Å². The lowest BCUT2D eigenvalue weighted by Gasteiger charge is -2.05. The van der Waals surface area contributed by atoms with Crippen LogP contribution in [0.3, 0.4) is 0 Å². The first kappa shape index (κ1) is 9.36. The molecule has 0 aliphatic carbocycles. The monoisotopic (exact) mass is 211 g/mol. The van der Waals surface area contributed by atoms with E-state index >= 15 is 0 Å². The molecule has 0 saturated carbocycles. The lowest BCUT2D eigenvalue weighted by atomic mass is 10.1. The Hall–Kier alpha value is -1.87. The third kappa shape index (κ3) is 1.22. The number of hydrogen-bond donors (Lipinski definition) is 1. The van der Waals surface area contributed by atoms with Gasteiger partial charge in [0.15, 0.2) is 0 Å². The fraction of sp³-hybridized carbons (Fsp3) is 0.154. The summed E-state index contributed by atoms with van der Waals surface area (Å²) < 4.78 is 2.12. The predicted octanol–water partition coefficient (Wildman–Crippen LogP) is 2.25. The molecular formula is C13H13N3. The molecule has 3 heteroatoms. The van der Waals surface area contributed by atoms with Gasteiger partial charge in [-0.1, -0.05) is 11.6 Å². The van der Waals surface area contributed by atoms with Gasteiger partial charge in [-0.15, -0.1) is 0 Å². The Morgan fingerprint density at radius 1 is 1.25 bits per heavy atom. The minimum Gasteiger partial charge on any atom is -0.325 e. The minimum atomic E-state index is 0.508. The average Bonchev–Trinajstić information content (AvgIpc) is 2.71. The van der Waals surface area contributed by atoms with E-state index in [2.05, 4.69) is 40.6 Å². The zero-order valence-corrected chi connectivity index (χ0v) is 9.14. The lowest BCUT2D eigenvalue weighted by Crippen LogP contribution is -2.01. The van der Waals surface area contributed by atoms with Gasteiger partial charge in [0.25, 0.3) is 0 Å². The molecule has 0 aliphatic rings. The minimum absolute atomic E-state index is 0.508. The number of nitrogens with two attached hydrogens (primary N) is 1. The molecule has 0 atom stereocenters. The first-order valence-electron chi connectivity index (χ1n) is 5.35. The number of aromatic nitrogens is 2. The van der Waals surface area contributed by atoms with Crippen molar-refractivity contribution in [1.29, 1.82) is 0 Å². The number of aryl methyl sites for hydroxylation is 1. The number of imidazole rings is 1. The summed E-state index contributed by atoms with van der Waals surface area (Å²) >= 11 is 0. The highest BCUT2D eigenvalue weighted by atomic mass is 15.0. The molecule has 1 aromatic carbocycles. The third-order valence-corrected chi connectivity index (χ3v) is 2.91. The third-order valence-electron chi connectivity index (χ3n) is 2.91. The van der Waals surface area contributed by atoms with Crippen molar-refractivity contribution in [2.75, 3.05) is 0 Å². The SMILES string of the molecule is Cc1ccc2c(ccc3ncc(CN)n32)c1. The average molecular weight is 211 g/mol. The van der Waals surface area contributed by atoms with Crippen molar-refractivity contribution in [2.45, 2.75) is 13.5 Å². The molecule has 0 aliphatic heterocycles. The number of benzene rings is 1. The second-order valence-corrected chi connectivity index (χ2v) is 4.04. The molecule has 3 rings (SSSR count). The van der Waals surface area contributed by atoms with Crippen molar-refractivity contribution >= 4 is 16.6 Å². The van der Waals surface area contributed by atoms with Gasteiger partial charge in [-0.2, -0.15) is 0 Å². The van der Waals surface area contributed by atoms with E-state index in [0.717, 1.165) is 11.3 Å². The van der Waals surface area contributed by atoms with Crippen LogP contribution < -0.4 is 5.73 Å². The number of pyridine rings is 1. The van der Waals surface area contributed by atoms with E-state index in [1.807, 2.05) is 12.3 Å². The van der Waals surface area contributed by atoms with Crippen LogP contribution in [0, 0.1) is 6.92 Å². The van der Waals surface area contributed by atoms with Gasteiger partial charge in [-0.3, -0.25) is 4.40 Å². The normalized spacial score (nSPS) is 11.4. The number of nitrogens with zero attached hydrogens (tertiary/aromatic N) is 2. The summed E-state index contributed by atoms with van der Waals surface area (Å²) in [7, 11) is 0. The zero-order valence-electron chi connectivity index (χ0n) is 9.14. The standard InChI is InChI=1S/C13H13N3/c1-9-2-4-12-10(6-9)3-5-13-15-8-11(7-14)16(12)13/h2-6,8H,7,14H2,1H3. The summed E-state index contributed by atoms with van der Waals surface area (Å²) in [4.78, 5) is 4.35. The maximum atomic E-state index is 5.72. The van der Waals surface area contributed by atoms with Crippen LogP contribution in [0.5, 0.6) is 0 Å². The predicted molar refractivity (Wildman–Crippen MR) is 65.3 cm³/mol. The van der Waals surface area contributed by atoms with Crippen LogP contribution in [0.1, 0.15) is 11.3 Å². The van der Waals surface area contributed by atoms with Crippen LogP contribution in [0.4, 0.5) is 0 Å². The van der Waals surface area contributed by atoms with E-state index in [1.54, 1.807) is 0 Å². The summed E-state index contributed by atoms with van der Waals surface area (Å²) in [6, 6.07) is 10.5. The maximum absolute atomic E-state index is 5.72. The Balaban J connectivity index is 2.51. The largest absolute Gasteiger partial charge is 0.325 e. The molecule has 0 fully saturated rings. The fourth-order valence-corrected chi connectivity index (χ4v) is 2.12. The molecule has 0 radical (unpaired) electrons. The van der Waals surface area contributed by atoms with E-state index < -0.39 is 0 Å². The van der Waals surface area contributed by atoms with Crippen LogP contribution in [-0.4, -0.2) is 9.38 Å². The Bertz CT molecular complexity index is 667. The molecule has 0 amide bonds. The Labute approximate surface area is 93.5 Å². The number of fused-ring (bicyclic) bond motifs is 3. The molecule has 0 bridgehead atoms.